The summed E-state index contributed by atoms with van der Waals surface area (Å²) in [6.45, 7) is 6.59. The van der Waals surface area contributed by atoms with Gasteiger partial charge in [-0.15, -0.1) is 0 Å². The largest absolute Gasteiger partial charge is 0.490 e. The molecule has 0 amide bonds. The van der Waals surface area contributed by atoms with Gasteiger partial charge in [0.15, 0.2) is 0 Å². The molecule has 90 valence electrons. The summed E-state index contributed by atoms with van der Waals surface area (Å²) in [5, 5.41) is 2.44. The summed E-state index contributed by atoms with van der Waals surface area (Å²) in [7, 11) is 0. The molecule has 0 aliphatic carbocycles. The standard InChI is InChI=1S/C16H20O/c1-12(2)11-13(3)17-16-10-6-8-14-7-4-5-9-15(14)16/h4-10,12-13H,11H2,1-3H3. The molecule has 0 spiro atoms. The molecule has 0 saturated heterocycles. The van der Waals surface area contributed by atoms with Gasteiger partial charge < -0.3 is 4.74 Å². The van der Waals surface area contributed by atoms with Crippen molar-refractivity contribution in [3.05, 3.63) is 42.5 Å². The van der Waals surface area contributed by atoms with E-state index in [1.807, 2.05) is 0 Å². The number of hydrogen-bond donors (Lipinski definition) is 0. The molecule has 0 N–H and O–H groups in total. The Bertz CT molecular complexity index is 482. The zero-order valence-electron chi connectivity index (χ0n) is 10.8. The van der Waals surface area contributed by atoms with Crippen LogP contribution in [0, 0.1) is 5.92 Å². The summed E-state index contributed by atoms with van der Waals surface area (Å²) in [5.41, 5.74) is 0. The Hall–Kier alpha value is -1.50. The third kappa shape index (κ3) is 3.00. The minimum atomic E-state index is 0.265. The lowest BCUT2D eigenvalue weighted by molar-refractivity contribution is 0.195. The molecule has 1 unspecified atom stereocenters. The van der Waals surface area contributed by atoms with E-state index in [4.69, 9.17) is 4.74 Å². The molecule has 0 aromatic heterocycles. The number of rotatable bonds is 4. The summed E-state index contributed by atoms with van der Waals surface area (Å²) >= 11 is 0. The fraction of sp³-hybridized carbons (Fsp3) is 0.375. The van der Waals surface area contributed by atoms with Gasteiger partial charge in [0.1, 0.15) is 5.75 Å². The van der Waals surface area contributed by atoms with E-state index in [0.29, 0.717) is 5.92 Å². The van der Waals surface area contributed by atoms with E-state index in [2.05, 4.69) is 63.2 Å². The van der Waals surface area contributed by atoms with E-state index in [-0.39, 0.29) is 6.10 Å². The molecule has 1 heteroatoms. The summed E-state index contributed by atoms with van der Waals surface area (Å²) < 4.78 is 6.04. The van der Waals surface area contributed by atoms with Gasteiger partial charge in [0, 0.05) is 5.39 Å². The molecule has 0 aliphatic rings. The molecular formula is C16H20O. The summed E-state index contributed by atoms with van der Waals surface area (Å²) in [6.07, 6.45) is 1.35. The van der Waals surface area contributed by atoms with E-state index >= 15 is 0 Å². The minimum Gasteiger partial charge on any atom is -0.490 e. The van der Waals surface area contributed by atoms with E-state index in [0.717, 1.165) is 12.2 Å². The van der Waals surface area contributed by atoms with Crippen LogP contribution in [0.2, 0.25) is 0 Å². The lowest BCUT2D eigenvalue weighted by Gasteiger charge is -2.17. The summed E-state index contributed by atoms with van der Waals surface area (Å²) in [4.78, 5) is 0. The molecule has 0 bridgehead atoms. The molecule has 2 rings (SSSR count). The van der Waals surface area contributed by atoms with Gasteiger partial charge >= 0.3 is 0 Å². The Morgan fingerprint density at radius 2 is 1.65 bits per heavy atom. The van der Waals surface area contributed by atoms with Gasteiger partial charge in [-0.2, -0.15) is 0 Å². The molecule has 0 radical (unpaired) electrons. The second-order valence-electron chi connectivity index (χ2n) is 5.04. The summed E-state index contributed by atoms with van der Waals surface area (Å²) in [5.74, 6) is 1.66. The first-order valence-electron chi connectivity index (χ1n) is 6.31. The number of fused-ring (bicyclic) bond motifs is 1. The SMILES string of the molecule is CC(C)CC(C)Oc1cccc2ccccc12. The van der Waals surface area contributed by atoms with Crippen molar-refractivity contribution in [2.24, 2.45) is 5.92 Å². The van der Waals surface area contributed by atoms with Gasteiger partial charge in [0.2, 0.25) is 0 Å². The van der Waals surface area contributed by atoms with Crippen molar-refractivity contribution in [3.63, 3.8) is 0 Å². The van der Waals surface area contributed by atoms with E-state index in [9.17, 15) is 0 Å². The molecule has 0 fully saturated rings. The molecule has 1 nitrogen and oxygen atoms in total. The molecule has 2 aromatic rings. The Morgan fingerprint density at radius 1 is 0.941 bits per heavy atom. The van der Waals surface area contributed by atoms with Crippen LogP contribution in [0.3, 0.4) is 0 Å². The molecular weight excluding hydrogens is 208 g/mol. The van der Waals surface area contributed by atoms with E-state index in [1.165, 1.54) is 10.8 Å². The van der Waals surface area contributed by atoms with E-state index < -0.39 is 0 Å². The second kappa shape index (κ2) is 5.22. The van der Waals surface area contributed by atoms with Crippen LogP contribution in [-0.4, -0.2) is 6.10 Å². The fourth-order valence-corrected chi connectivity index (χ4v) is 2.23. The molecule has 0 saturated carbocycles. The van der Waals surface area contributed by atoms with Gasteiger partial charge in [0.05, 0.1) is 6.10 Å². The van der Waals surface area contributed by atoms with Crippen molar-refractivity contribution in [2.45, 2.75) is 33.3 Å². The normalized spacial score (nSPS) is 12.9. The van der Waals surface area contributed by atoms with Crippen molar-refractivity contribution in [2.75, 3.05) is 0 Å². The smallest absolute Gasteiger partial charge is 0.127 e. The van der Waals surface area contributed by atoms with Crippen LogP contribution in [-0.2, 0) is 0 Å². The Labute approximate surface area is 103 Å². The monoisotopic (exact) mass is 228 g/mol. The van der Waals surface area contributed by atoms with Crippen LogP contribution >= 0.6 is 0 Å². The van der Waals surface area contributed by atoms with Gasteiger partial charge in [-0.05, 0) is 30.7 Å². The Morgan fingerprint density at radius 3 is 2.41 bits per heavy atom. The van der Waals surface area contributed by atoms with Crippen molar-refractivity contribution < 1.29 is 4.74 Å². The third-order valence-electron chi connectivity index (χ3n) is 2.88. The van der Waals surface area contributed by atoms with E-state index in [1.54, 1.807) is 0 Å². The second-order valence-corrected chi connectivity index (χ2v) is 5.04. The van der Waals surface area contributed by atoms with Gasteiger partial charge in [0.25, 0.3) is 0 Å². The zero-order valence-corrected chi connectivity index (χ0v) is 10.8. The van der Waals surface area contributed by atoms with Crippen molar-refractivity contribution in [1.29, 1.82) is 0 Å². The molecule has 0 aliphatic heterocycles. The molecule has 17 heavy (non-hydrogen) atoms. The third-order valence-corrected chi connectivity index (χ3v) is 2.88. The maximum Gasteiger partial charge on any atom is 0.127 e. The van der Waals surface area contributed by atoms with Gasteiger partial charge in [-0.1, -0.05) is 50.2 Å². The van der Waals surface area contributed by atoms with Crippen molar-refractivity contribution in [3.8, 4) is 5.75 Å². The van der Waals surface area contributed by atoms with Gasteiger partial charge in [-0.3, -0.25) is 0 Å². The number of hydrogen-bond acceptors (Lipinski definition) is 1. The molecule has 1 atom stereocenters. The average Bonchev–Trinajstić information content (AvgIpc) is 2.28. The number of ether oxygens (including phenoxy) is 1. The lowest BCUT2D eigenvalue weighted by Crippen LogP contribution is -2.14. The highest BCUT2D eigenvalue weighted by atomic mass is 16.5. The topological polar surface area (TPSA) is 9.23 Å². The van der Waals surface area contributed by atoms with Crippen molar-refractivity contribution in [1.82, 2.24) is 0 Å². The first-order chi connectivity index (χ1) is 8.16. The van der Waals surface area contributed by atoms with Crippen LogP contribution in [0.25, 0.3) is 10.8 Å². The quantitative estimate of drug-likeness (QED) is 0.740. The predicted molar refractivity (Wildman–Crippen MR) is 73.5 cm³/mol. The first kappa shape index (κ1) is 12.0. The highest BCUT2D eigenvalue weighted by Crippen LogP contribution is 2.26. The van der Waals surface area contributed by atoms with Crippen molar-refractivity contribution >= 4 is 10.8 Å². The maximum absolute atomic E-state index is 6.04. The van der Waals surface area contributed by atoms with Crippen LogP contribution in [0.4, 0.5) is 0 Å². The summed E-state index contributed by atoms with van der Waals surface area (Å²) in [6, 6.07) is 14.6. The number of benzene rings is 2. The minimum absolute atomic E-state index is 0.265. The highest BCUT2D eigenvalue weighted by Gasteiger charge is 2.08. The fourth-order valence-electron chi connectivity index (χ4n) is 2.23. The highest BCUT2D eigenvalue weighted by molar-refractivity contribution is 5.88. The molecule has 2 aromatic carbocycles. The predicted octanol–water partition coefficient (Wildman–Crippen LogP) is 4.65. The Kier molecular flexibility index (Phi) is 3.68. The van der Waals surface area contributed by atoms with Crippen LogP contribution in [0.15, 0.2) is 42.5 Å². The van der Waals surface area contributed by atoms with Gasteiger partial charge in [-0.25, -0.2) is 0 Å². The average molecular weight is 228 g/mol. The first-order valence-corrected chi connectivity index (χ1v) is 6.31. The zero-order chi connectivity index (χ0) is 12.3. The molecule has 0 heterocycles. The maximum atomic E-state index is 6.04. The lowest BCUT2D eigenvalue weighted by atomic mass is 10.1. The van der Waals surface area contributed by atoms with Crippen LogP contribution in [0.5, 0.6) is 5.75 Å². The Balaban J connectivity index is 2.24. The van der Waals surface area contributed by atoms with Crippen LogP contribution in [0.1, 0.15) is 27.2 Å². The van der Waals surface area contributed by atoms with Crippen LogP contribution < -0.4 is 4.74 Å².